The normalized spacial score (nSPS) is 13.1. The number of hydrogen-bond donors (Lipinski definition) is 2. The van der Waals surface area contributed by atoms with Gasteiger partial charge in [-0.05, 0) is 35.2 Å². The van der Waals surface area contributed by atoms with Gasteiger partial charge in [0, 0.05) is 13.2 Å². The van der Waals surface area contributed by atoms with Crippen LogP contribution in [0.25, 0.3) is 0 Å². The molecule has 0 aromatic carbocycles. The lowest BCUT2D eigenvalue weighted by Gasteiger charge is -2.13. The van der Waals surface area contributed by atoms with Gasteiger partial charge in [0.05, 0.1) is 22.5 Å². The predicted octanol–water partition coefficient (Wildman–Crippen LogP) is 1.86. The average molecular weight is 277 g/mol. The smallest absolute Gasteiger partial charge is 0.0969 e. The maximum atomic E-state index is 9.93. The first-order valence-electron chi connectivity index (χ1n) is 5.20. The van der Waals surface area contributed by atoms with E-state index in [9.17, 15) is 5.11 Å². The van der Waals surface area contributed by atoms with Crippen LogP contribution in [-0.4, -0.2) is 26.6 Å². The Morgan fingerprint density at radius 1 is 1.60 bits per heavy atom. The van der Waals surface area contributed by atoms with Crippen LogP contribution in [0.2, 0.25) is 0 Å². The van der Waals surface area contributed by atoms with E-state index in [-0.39, 0.29) is 6.61 Å². The van der Waals surface area contributed by atoms with Gasteiger partial charge in [-0.2, -0.15) is 5.10 Å². The zero-order valence-corrected chi connectivity index (χ0v) is 10.4. The Labute approximate surface area is 98.0 Å². The van der Waals surface area contributed by atoms with E-state index in [1.807, 2.05) is 4.68 Å². The molecule has 0 amide bonds. The third kappa shape index (κ3) is 3.29. The van der Waals surface area contributed by atoms with Crippen LogP contribution in [0.4, 0.5) is 0 Å². The highest BCUT2D eigenvalue weighted by molar-refractivity contribution is 9.10. The van der Waals surface area contributed by atoms with Crippen LogP contribution in [0.3, 0.4) is 0 Å². The lowest BCUT2D eigenvalue weighted by molar-refractivity contribution is 0.141. The van der Waals surface area contributed by atoms with E-state index in [2.05, 4.69) is 28.0 Å². The zero-order chi connectivity index (χ0) is 11.3. The highest BCUT2D eigenvalue weighted by Gasteiger charge is 2.16. The van der Waals surface area contributed by atoms with E-state index in [4.69, 9.17) is 5.11 Å². The number of nitrogens with zero attached hydrogens (tertiary/aromatic N) is 2. The van der Waals surface area contributed by atoms with Crippen molar-refractivity contribution in [3.05, 3.63) is 16.4 Å². The summed E-state index contributed by atoms with van der Waals surface area (Å²) in [6.07, 6.45) is 3.29. The Morgan fingerprint density at radius 3 is 2.93 bits per heavy atom. The second kappa shape index (κ2) is 6.25. The van der Waals surface area contributed by atoms with Crippen LogP contribution in [0, 0.1) is 0 Å². The molecule has 1 atom stereocenters. The SMILES string of the molecule is CCCn1ncc(Br)c1C(O)CCCO. The molecule has 0 bridgehead atoms. The maximum Gasteiger partial charge on any atom is 0.0969 e. The molecule has 0 fully saturated rings. The van der Waals surface area contributed by atoms with Crippen molar-refractivity contribution in [2.24, 2.45) is 0 Å². The summed E-state index contributed by atoms with van der Waals surface area (Å²) in [7, 11) is 0. The fraction of sp³-hybridized carbons (Fsp3) is 0.700. The molecule has 4 nitrogen and oxygen atoms in total. The summed E-state index contributed by atoms with van der Waals surface area (Å²) < 4.78 is 2.65. The fourth-order valence-electron chi connectivity index (χ4n) is 1.51. The largest absolute Gasteiger partial charge is 0.396 e. The van der Waals surface area contributed by atoms with Gasteiger partial charge in [-0.15, -0.1) is 0 Å². The van der Waals surface area contributed by atoms with Crippen molar-refractivity contribution < 1.29 is 10.2 Å². The Balaban J connectivity index is 2.75. The molecule has 5 heteroatoms. The third-order valence-corrected chi connectivity index (χ3v) is 2.83. The van der Waals surface area contributed by atoms with Crippen molar-refractivity contribution in [2.45, 2.75) is 38.8 Å². The van der Waals surface area contributed by atoms with Crippen LogP contribution in [-0.2, 0) is 6.54 Å². The molecule has 0 aliphatic carbocycles. The van der Waals surface area contributed by atoms with Gasteiger partial charge < -0.3 is 10.2 Å². The van der Waals surface area contributed by atoms with Crippen LogP contribution in [0.5, 0.6) is 0 Å². The lowest BCUT2D eigenvalue weighted by Crippen LogP contribution is -2.10. The maximum absolute atomic E-state index is 9.93. The van der Waals surface area contributed by atoms with Gasteiger partial charge >= 0.3 is 0 Å². The van der Waals surface area contributed by atoms with Crippen molar-refractivity contribution in [1.29, 1.82) is 0 Å². The van der Waals surface area contributed by atoms with Crippen LogP contribution in [0.15, 0.2) is 10.7 Å². The molecular weight excluding hydrogens is 260 g/mol. The van der Waals surface area contributed by atoms with Crippen molar-refractivity contribution in [2.75, 3.05) is 6.61 Å². The molecule has 0 saturated carbocycles. The lowest BCUT2D eigenvalue weighted by atomic mass is 10.1. The summed E-state index contributed by atoms with van der Waals surface area (Å²) >= 11 is 3.37. The monoisotopic (exact) mass is 276 g/mol. The van der Waals surface area contributed by atoms with Gasteiger partial charge in [0.15, 0.2) is 0 Å². The second-order valence-corrected chi connectivity index (χ2v) is 4.34. The van der Waals surface area contributed by atoms with E-state index in [0.717, 1.165) is 23.1 Å². The molecule has 0 saturated heterocycles. The number of halogens is 1. The molecule has 2 N–H and O–H groups in total. The highest BCUT2D eigenvalue weighted by atomic mass is 79.9. The van der Waals surface area contributed by atoms with E-state index in [0.29, 0.717) is 12.8 Å². The molecule has 1 aromatic rings. The molecule has 0 radical (unpaired) electrons. The first kappa shape index (κ1) is 12.7. The van der Waals surface area contributed by atoms with E-state index in [1.165, 1.54) is 0 Å². The number of aliphatic hydroxyl groups excluding tert-OH is 2. The zero-order valence-electron chi connectivity index (χ0n) is 8.86. The minimum Gasteiger partial charge on any atom is -0.396 e. The molecule has 1 aromatic heterocycles. The minimum atomic E-state index is -0.555. The Hall–Kier alpha value is -0.390. The topological polar surface area (TPSA) is 58.3 Å². The number of aromatic nitrogens is 2. The molecule has 0 spiro atoms. The first-order valence-corrected chi connectivity index (χ1v) is 6.00. The average Bonchev–Trinajstić information content (AvgIpc) is 2.57. The first-order chi connectivity index (χ1) is 7.20. The molecule has 0 aliphatic heterocycles. The Kier molecular flexibility index (Phi) is 5.28. The molecular formula is C10H17BrN2O2. The third-order valence-electron chi connectivity index (χ3n) is 2.22. The van der Waals surface area contributed by atoms with Crippen LogP contribution < -0.4 is 0 Å². The van der Waals surface area contributed by atoms with Crippen LogP contribution in [0.1, 0.15) is 38.0 Å². The molecule has 0 aliphatic rings. The molecule has 86 valence electrons. The molecule has 1 rings (SSSR count). The quantitative estimate of drug-likeness (QED) is 0.834. The molecule has 1 unspecified atom stereocenters. The van der Waals surface area contributed by atoms with E-state index < -0.39 is 6.10 Å². The van der Waals surface area contributed by atoms with Crippen molar-refractivity contribution in [3.63, 3.8) is 0 Å². The minimum absolute atomic E-state index is 0.108. The second-order valence-electron chi connectivity index (χ2n) is 3.48. The van der Waals surface area contributed by atoms with E-state index in [1.54, 1.807) is 6.20 Å². The number of aryl methyl sites for hydroxylation is 1. The number of rotatable bonds is 6. The van der Waals surface area contributed by atoms with Gasteiger partial charge in [-0.1, -0.05) is 6.92 Å². The predicted molar refractivity (Wildman–Crippen MR) is 61.5 cm³/mol. The molecule has 15 heavy (non-hydrogen) atoms. The summed E-state index contributed by atoms with van der Waals surface area (Å²) in [5.74, 6) is 0. The Morgan fingerprint density at radius 2 is 2.33 bits per heavy atom. The van der Waals surface area contributed by atoms with Gasteiger partial charge in [0.2, 0.25) is 0 Å². The van der Waals surface area contributed by atoms with Gasteiger partial charge in [-0.25, -0.2) is 0 Å². The number of aliphatic hydroxyl groups is 2. The van der Waals surface area contributed by atoms with E-state index >= 15 is 0 Å². The summed E-state index contributed by atoms with van der Waals surface area (Å²) in [5.41, 5.74) is 0.810. The van der Waals surface area contributed by atoms with Gasteiger partial charge in [0.25, 0.3) is 0 Å². The van der Waals surface area contributed by atoms with Crippen molar-refractivity contribution in [3.8, 4) is 0 Å². The fourth-order valence-corrected chi connectivity index (χ4v) is 2.08. The summed E-state index contributed by atoms with van der Waals surface area (Å²) in [4.78, 5) is 0. The van der Waals surface area contributed by atoms with Gasteiger partial charge in [0.1, 0.15) is 0 Å². The van der Waals surface area contributed by atoms with Crippen LogP contribution >= 0.6 is 15.9 Å². The summed E-state index contributed by atoms with van der Waals surface area (Å²) in [6, 6.07) is 0. The Bertz CT molecular complexity index is 302. The molecule has 1 heterocycles. The number of hydrogen-bond acceptors (Lipinski definition) is 3. The standard InChI is InChI=1S/C10H17BrN2O2/c1-2-5-13-10(8(11)7-12-13)9(15)4-3-6-14/h7,9,14-15H,2-6H2,1H3. The van der Waals surface area contributed by atoms with Crippen molar-refractivity contribution in [1.82, 2.24) is 9.78 Å². The van der Waals surface area contributed by atoms with Crippen molar-refractivity contribution >= 4 is 15.9 Å². The summed E-state index contributed by atoms with van der Waals surface area (Å²) in [5, 5.41) is 22.8. The van der Waals surface area contributed by atoms with Gasteiger partial charge in [-0.3, -0.25) is 4.68 Å². The summed E-state index contributed by atoms with van der Waals surface area (Å²) in [6.45, 7) is 2.98. The highest BCUT2D eigenvalue weighted by Crippen LogP contribution is 2.26.